The van der Waals surface area contributed by atoms with Crippen LogP contribution in [0.1, 0.15) is 144 Å². The maximum atomic E-state index is 11.7. The molecule has 0 aliphatic rings. The highest BCUT2D eigenvalue weighted by molar-refractivity contribution is 7.99. The highest BCUT2D eigenvalue weighted by Crippen LogP contribution is 2.19. The Morgan fingerprint density at radius 3 is 1.71 bits per heavy atom. The van der Waals surface area contributed by atoms with E-state index in [0.29, 0.717) is 17.5 Å². The minimum absolute atomic E-state index is 0.249. The van der Waals surface area contributed by atoms with E-state index in [1.807, 2.05) is 18.7 Å². The first-order valence-corrected chi connectivity index (χ1v) is 14.3. The van der Waals surface area contributed by atoms with Crippen molar-refractivity contribution in [1.29, 1.82) is 0 Å². The second-order valence-corrected chi connectivity index (χ2v) is 10.3. The minimum atomic E-state index is 0.249. The van der Waals surface area contributed by atoms with Crippen LogP contribution < -0.4 is 0 Å². The first-order valence-electron chi connectivity index (χ1n) is 13.3. The topological polar surface area (TPSA) is 34.1 Å². The molecule has 0 saturated carbocycles. The van der Waals surface area contributed by atoms with Crippen LogP contribution in [-0.4, -0.2) is 22.6 Å². The third-order valence-corrected chi connectivity index (χ3v) is 6.61. The van der Waals surface area contributed by atoms with E-state index in [9.17, 15) is 9.59 Å². The molecular weight excluding hydrogens is 400 g/mol. The van der Waals surface area contributed by atoms with Crippen molar-refractivity contribution < 1.29 is 9.59 Å². The smallest absolute Gasteiger partial charge is 0.155 e. The average molecular weight is 455 g/mol. The Balaban J connectivity index is 0. The van der Waals surface area contributed by atoms with E-state index in [1.54, 1.807) is 12.2 Å². The second kappa shape index (κ2) is 27.5. The highest BCUT2D eigenvalue weighted by Gasteiger charge is 2.08. The van der Waals surface area contributed by atoms with Gasteiger partial charge in [-0.2, -0.15) is 11.8 Å². The summed E-state index contributed by atoms with van der Waals surface area (Å²) >= 11 is 1.99. The Kier molecular flexibility index (Phi) is 28.9. The summed E-state index contributed by atoms with van der Waals surface area (Å²) in [6, 6.07) is 0. The van der Waals surface area contributed by atoms with Gasteiger partial charge in [-0.25, -0.2) is 0 Å². The molecule has 0 aromatic carbocycles. The van der Waals surface area contributed by atoms with Crippen LogP contribution in [0.2, 0.25) is 0 Å². The summed E-state index contributed by atoms with van der Waals surface area (Å²) in [4.78, 5) is 22.4. The Hall–Kier alpha value is -0.570. The summed E-state index contributed by atoms with van der Waals surface area (Å²) in [6.07, 6.45) is 24.0. The van der Waals surface area contributed by atoms with Gasteiger partial charge in [-0.15, -0.1) is 0 Å². The fraction of sp³-hybridized carbons (Fsp3) is 0.857. The number of rotatable bonds is 21. The lowest BCUT2D eigenvalue weighted by atomic mass is 10.1. The number of Topliss-reactive ketones (excluding diaryl/α,β-unsaturated/α-hetero) is 1. The third-order valence-electron chi connectivity index (χ3n) is 5.35. The molecule has 0 radical (unpaired) electrons. The van der Waals surface area contributed by atoms with Gasteiger partial charge in [0.1, 0.15) is 5.78 Å². The van der Waals surface area contributed by atoms with Gasteiger partial charge in [-0.05, 0) is 38.0 Å². The molecule has 184 valence electrons. The number of allylic oxidation sites excluding steroid dienone is 2. The van der Waals surface area contributed by atoms with E-state index in [4.69, 9.17) is 0 Å². The second-order valence-electron chi connectivity index (χ2n) is 8.78. The maximum absolute atomic E-state index is 11.7. The highest BCUT2D eigenvalue weighted by atomic mass is 32.2. The van der Waals surface area contributed by atoms with E-state index in [-0.39, 0.29) is 5.78 Å². The van der Waals surface area contributed by atoms with Crippen molar-refractivity contribution in [3.05, 3.63) is 12.2 Å². The molecule has 0 N–H and O–H groups in total. The van der Waals surface area contributed by atoms with Crippen LogP contribution in [0.5, 0.6) is 0 Å². The number of hydrogen-bond donors (Lipinski definition) is 0. The molecule has 1 atom stereocenters. The van der Waals surface area contributed by atoms with Crippen LogP contribution in [-0.2, 0) is 9.59 Å². The number of carbonyl (C=O) groups is 2. The van der Waals surface area contributed by atoms with Crippen molar-refractivity contribution in [2.75, 3.05) is 5.75 Å². The molecule has 0 aliphatic carbocycles. The molecule has 1 unspecified atom stereocenters. The predicted octanol–water partition coefficient (Wildman–Crippen LogP) is 9.50. The van der Waals surface area contributed by atoms with Gasteiger partial charge in [-0.1, -0.05) is 104 Å². The molecule has 0 aromatic heterocycles. The van der Waals surface area contributed by atoms with E-state index < -0.39 is 0 Å². The van der Waals surface area contributed by atoms with E-state index >= 15 is 0 Å². The van der Waals surface area contributed by atoms with Crippen LogP contribution in [0.4, 0.5) is 0 Å². The lowest BCUT2D eigenvalue weighted by Gasteiger charge is -2.10. The first-order chi connectivity index (χ1) is 15.0. The van der Waals surface area contributed by atoms with Gasteiger partial charge in [0.25, 0.3) is 0 Å². The van der Waals surface area contributed by atoms with Gasteiger partial charge in [0.2, 0.25) is 0 Å². The summed E-state index contributed by atoms with van der Waals surface area (Å²) < 4.78 is 0. The zero-order valence-corrected chi connectivity index (χ0v) is 22.5. The van der Waals surface area contributed by atoms with Crippen LogP contribution in [0.15, 0.2) is 12.2 Å². The van der Waals surface area contributed by atoms with E-state index in [0.717, 1.165) is 38.5 Å². The number of hydrogen-bond acceptors (Lipinski definition) is 3. The summed E-state index contributed by atoms with van der Waals surface area (Å²) in [5.41, 5.74) is 0. The molecule has 31 heavy (non-hydrogen) atoms. The lowest BCUT2D eigenvalue weighted by Crippen LogP contribution is -2.07. The molecule has 0 amide bonds. The zero-order valence-electron chi connectivity index (χ0n) is 21.7. The number of thioether (sulfide) groups is 1. The Labute approximate surface area is 199 Å². The van der Waals surface area contributed by atoms with Crippen molar-refractivity contribution in [2.24, 2.45) is 0 Å². The number of unbranched alkanes of at least 4 members (excludes halogenated alkanes) is 11. The molecule has 0 rings (SSSR count). The van der Waals surface area contributed by atoms with Crippen LogP contribution in [0, 0.1) is 0 Å². The van der Waals surface area contributed by atoms with Crippen LogP contribution in [0.25, 0.3) is 0 Å². The van der Waals surface area contributed by atoms with Gasteiger partial charge in [0, 0.05) is 24.5 Å². The molecule has 0 fully saturated rings. The van der Waals surface area contributed by atoms with Crippen molar-refractivity contribution in [3.63, 3.8) is 0 Å². The maximum Gasteiger partial charge on any atom is 0.155 e. The Morgan fingerprint density at radius 2 is 1.19 bits per heavy atom. The van der Waals surface area contributed by atoms with Crippen molar-refractivity contribution >= 4 is 23.3 Å². The molecule has 0 spiro atoms. The van der Waals surface area contributed by atoms with Gasteiger partial charge in [-0.3, -0.25) is 9.59 Å². The first kappa shape index (κ1) is 32.6. The Bertz CT molecular complexity index is 417. The molecule has 2 nitrogen and oxygen atoms in total. The van der Waals surface area contributed by atoms with Crippen molar-refractivity contribution in [1.82, 2.24) is 0 Å². The largest absolute Gasteiger partial charge is 0.300 e. The van der Waals surface area contributed by atoms with Crippen LogP contribution in [0.3, 0.4) is 0 Å². The molecule has 3 heteroatoms. The predicted molar refractivity (Wildman–Crippen MR) is 142 cm³/mol. The SMILES string of the molecule is C/C=C/C(=O)CCCC.CCCCCCCCCCCCSC(C)CC(=O)CCCC. The molecule has 0 bridgehead atoms. The fourth-order valence-electron chi connectivity index (χ4n) is 3.35. The van der Waals surface area contributed by atoms with Gasteiger partial charge in [0.05, 0.1) is 0 Å². The zero-order chi connectivity index (χ0) is 23.6. The molecule has 0 heterocycles. The molecule has 0 aromatic rings. The average Bonchev–Trinajstić information content (AvgIpc) is 2.75. The van der Waals surface area contributed by atoms with Crippen molar-refractivity contribution in [2.45, 2.75) is 149 Å². The Morgan fingerprint density at radius 1 is 0.710 bits per heavy atom. The molecular formula is C28H54O2S. The number of carbonyl (C=O) groups excluding carboxylic acids is 2. The van der Waals surface area contributed by atoms with Gasteiger partial charge in [0.15, 0.2) is 5.78 Å². The third kappa shape index (κ3) is 29.4. The quantitative estimate of drug-likeness (QED) is 0.128. The fourth-order valence-corrected chi connectivity index (χ4v) is 4.43. The van der Waals surface area contributed by atoms with Crippen molar-refractivity contribution in [3.8, 4) is 0 Å². The molecule has 0 aliphatic heterocycles. The standard InChI is InChI=1S/C20H40OS.C8H14O/c1-4-6-8-9-10-11-12-13-14-15-17-22-19(3)18-20(21)16-7-5-2;1-3-5-7-8(9)6-4-2/h19H,4-18H2,1-3H3;4,6H,3,5,7H2,1-2H3/b;6-4+. The van der Waals surface area contributed by atoms with Crippen LogP contribution >= 0.6 is 11.8 Å². The summed E-state index contributed by atoms with van der Waals surface area (Å²) in [5.74, 6) is 1.95. The normalized spacial score (nSPS) is 11.9. The van der Waals surface area contributed by atoms with E-state index in [1.165, 1.54) is 70.0 Å². The van der Waals surface area contributed by atoms with E-state index in [2.05, 4.69) is 27.7 Å². The number of ketones is 2. The van der Waals surface area contributed by atoms with Gasteiger partial charge < -0.3 is 0 Å². The lowest BCUT2D eigenvalue weighted by molar-refractivity contribution is -0.119. The summed E-state index contributed by atoms with van der Waals surface area (Å²) in [7, 11) is 0. The summed E-state index contributed by atoms with van der Waals surface area (Å²) in [5, 5.41) is 0.517. The monoisotopic (exact) mass is 454 g/mol. The van der Waals surface area contributed by atoms with Gasteiger partial charge >= 0.3 is 0 Å². The summed E-state index contributed by atoms with van der Waals surface area (Å²) in [6.45, 7) is 10.6. The molecule has 0 saturated heterocycles. The minimum Gasteiger partial charge on any atom is -0.300 e.